The molecule has 0 saturated heterocycles. The Morgan fingerprint density at radius 1 is 1.15 bits per heavy atom. The van der Waals surface area contributed by atoms with Gasteiger partial charge in [0.2, 0.25) is 6.43 Å². The maximum absolute atomic E-state index is 11.7. The van der Waals surface area contributed by atoms with Crippen LogP contribution in [0.2, 0.25) is 0 Å². The molecule has 4 heteroatoms. The van der Waals surface area contributed by atoms with Gasteiger partial charge in [-0.3, -0.25) is 0 Å². The molecule has 76 valence electrons. The monoisotopic (exact) mass is 220 g/mol. The van der Waals surface area contributed by atoms with Crippen molar-refractivity contribution >= 4 is 11.8 Å². The van der Waals surface area contributed by atoms with E-state index < -0.39 is 6.43 Å². The van der Waals surface area contributed by atoms with Crippen molar-refractivity contribution in [1.82, 2.24) is 0 Å². The van der Waals surface area contributed by atoms with Gasteiger partial charge in [-0.25, -0.2) is 8.78 Å². The molecular formula is C9H19F2NaS. The molecule has 0 atom stereocenters. The van der Waals surface area contributed by atoms with Crippen molar-refractivity contribution in [1.29, 1.82) is 0 Å². The Bertz CT molecular complexity index is 96.9. The Kier molecular flexibility index (Phi) is 16.9. The van der Waals surface area contributed by atoms with E-state index in [1.54, 1.807) is 0 Å². The number of rotatable bonds is 8. The fourth-order valence-corrected chi connectivity index (χ4v) is 1.70. The van der Waals surface area contributed by atoms with Crippen molar-refractivity contribution in [3.8, 4) is 0 Å². The quantitative estimate of drug-likeness (QED) is 0.435. The minimum atomic E-state index is -2.10. The molecule has 0 N–H and O–H groups in total. The third-order valence-corrected chi connectivity index (χ3v) is 2.65. The summed E-state index contributed by atoms with van der Waals surface area (Å²) in [6, 6.07) is 0. The molecular weight excluding hydrogens is 201 g/mol. The third kappa shape index (κ3) is 15.9. The van der Waals surface area contributed by atoms with Crippen LogP contribution in [0.3, 0.4) is 0 Å². The normalized spacial score (nSPS) is 10.2. The van der Waals surface area contributed by atoms with Crippen molar-refractivity contribution < 1.29 is 39.8 Å². The standard InChI is InChI=1S/C9H18F2S.Na.H/c1-2-12-8-6-4-3-5-7-9(10)11;;/h9H,2-8H2,1H3;;/q;+1;-1. The van der Waals surface area contributed by atoms with Gasteiger partial charge in [0.15, 0.2) is 0 Å². The smallest absolute Gasteiger partial charge is 1.00 e. The van der Waals surface area contributed by atoms with E-state index in [4.69, 9.17) is 0 Å². The maximum Gasteiger partial charge on any atom is 1.00 e. The molecule has 0 aromatic heterocycles. The summed E-state index contributed by atoms with van der Waals surface area (Å²) in [5.41, 5.74) is 0. The van der Waals surface area contributed by atoms with Crippen LogP contribution in [0.25, 0.3) is 0 Å². The van der Waals surface area contributed by atoms with Gasteiger partial charge in [0, 0.05) is 6.42 Å². The number of hydrogen-bond acceptors (Lipinski definition) is 1. The van der Waals surface area contributed by atoms with Gasteiger partial charge in [-0.2, -0.15) is 11.8 Å². The Balaban J connectivity index is -0.000000605. The number of alkyl halides is 2. The molecule has 0 spiro atoms. The maximum atomic E-state index is 11.7. The SMILES string of the molecule is CCSCCCCCCC(F)F.[H-].[Na+]. The zero-order chi connectivity index (χ0) is 9.23. The first-order valence-corrected chi connectivity index (χ1v) is 5.78. The van der Waals surface area contributed by atoms with Gasteiger partial charge in [0.25, 0.3) is 0 Å². The van der Waals surface area contributed by atoms with Crippen LogP contribution in [0.4, 0.5) is 8.78 Å². The molecule has 0 radical (unpaired) electrons. The summed E-state index contributed by atoms with van der Waals surface area (Å²) in [6.07, 6.45) is 1.93. The van der Waals surface area contributed by atoms with Gasteiger partial charge in [-0.05, 0) is 24.3 Å². The van der Waals surface area contributed by atoms with Crippen LogP contribution in [0.15, 0.2) is 0 Å². The second-order valence-corrected chi connectivity index (χ2v) is 4.18. The zero-order valence-corrected chi connectivity index (χ0v) is 11.5. The molecule has 13 heavy (non-hydrogen) atoms. The molecule has 0 aromatic carbocycles. The van der Waals surface area contributed by atoms with Crippen LogP contribution in [-0.4, -0.2) is 17.9 Å². The summed E-state index contributed by atoms with van der Waals surface area (Å²) in [7, 11) is 0. The van der Waals surface area contributed by atoms with E-state index in [-0.39, 0.29) is 37.4 Å². The summed E-state index contributed by atoms with van der Waals surface area (Å²) in [5.74, 6) is 2.35. The minimum Gasteiger partial charge on any atom is -1.00 e. The predicted molar refractivity (Wildman–Crippen MR) is 53.2 cm³/mol. The van der Waals surface area contributed by atoms with Crippen molar-refractivity contribution in [2.75, 3.05) is 11.5 Å². The fraction of sp³-hybridized carbons (Fsp3) is 1.00. The van der Waals surface area contributed by atoms with E-state index in [1.807, 2.05) is 11.8 Å². The molecule has 0 saturated carbocycles. The molecule has 0 heterocycles. The van der Waals surface area contributed by atoms with E-state index in [0.717, 1.165) is 18.6 Å². The van der Waals surface area contributed by atoms with Crippen LogP contribution in [-0.2, 0) is 0 Å². The summed E-state index contributed by atoms with van der Waals surface area (Å²) in [6.45, 7) is 2.14. The number of hydrogen-bond donors (Lipinski definition) is 0. The van der Waals surface area contributed by atoms with E-state index >= 15 is 0 Å². The molecule has 0 aromatic rings. The van der Waals surface area contributed by atoms with E-state index in [9.17, 15) is 8.78 Å². The second-order valence-electron chi connectivity index (χ2n) is 2.79. The summed E-state index contributed by atoms with van der Waals surface area (Å²) >= 11 is 1.92. The Labute approximate surface area is 108 Å². The van der Waals surface area contributed by atoms with Crippen molar-refractivity contribution in [3.05, 3.63) is 0 Å². The van der Waals surface area contributed by atoms with E-state index in [2.05, 4.69) is 6.92 Å². The first kappa shape index (κ1) is 16.6. The average molecular weight is 220 g/mol. The summed E-state index contributed by atoms with van der Waals surface area (Å²) < 4.78 is 23.3. The van der Waals surface area contributed by atoms with Gasteiger partial charge in [-0.15, -0.1) is 0 Å². The van der Waals surface area contributed by atoms with Crippen LogP contribution < -0.4 is 29.6 Å². The molecule has 0 aliphatic heterocycles. The molecule has 0 nitrogen and oxygen atoms in total. The van der Waals surface area contributed by atoms with Crippen LogP contribution >= 0.6 is 11.8 Å². The number of thioether (sulfide) groups is 1. The minimum absolute atomic E-state index is 0. The van der Waals surface area contributed by atoms with Crippen LogP contribution in [0.5, 0.6) is 0 Å². The Morgan fingerprint density at radius 2 is 1.77 bits per heavy atom. The molecule has 0 bridgehead atoms. The van der Waals surface area contributed by atoms with Crippen molar-refractivity contribution in [2.45, 2.75) is 45.5 Å². The largest absolute Gasteiger partial charge is 1.00 e. The molecule has 0 amide bonds. The van der Waals surface area contributed by atoms with Gasteiger partial charge < -0.3 is 1.43 Å². The van der Waals surface area contributed by atoms with Crippen LogP contribution in [0.1, 0.15) is 40.5 Å². The number of halogens is 2. The third-order valence-electron chi connectivity index (χ3n) is 1.67. The molecule has 0 aliphatic rings. The molecule has 0 fully saturated rings. The molecule has 0 aliphatic carbocycles. The van der Waals surface area contributed by atoms with E-state index in [0.29, 0.717) is 6.42 Å². The Hall–Kier alpha value is 1.21. The first-order valence-electron chi connectivity index (χ1n) is 4.63. The van der Waals surface area contributed by atoms with Crippen LogP contribution in [0, 0.1) is 0 Å². The molecule has 0 unspecified atom stereocenters. The van der Waals surface area contributed by atoms with E-state index in [1.165, 1.54) is 12.2 Å². The predicted octanol–water partition coefficient (Wildman–Crippen LogP) is 1.07. The van der Waals surface area contributed by atoms with Crippen molar-refractivity contribution in [3.63, 3.8) is 0 Å². The second kappa shape index (κ2) is 13.2. The van der Waals surface area contributed by atoms with Gasteiger partial charge in [-0.1, -0.05) is 19.8 Å². The van der Waals surface area contributed by atoms with Gasteiger partial charge >= 0.3 is 29.6 Å². The number of unbranched alkanes of at least 4 members (excludes halogenated alkanes) is 3. The topological polar surface area (TPSA) is 0 Å². The summed E-state index contributed by atoms with van der Waals surface area (Å²) in [4.78, 5) is 0. The average Bonchev–Trinajstić information content (AvgIpc) is 2.02. The first-order chi connectivity index (χ1) is 5.77. The van der Waals surface area contributed by atoms with Gasteiger partial charge in [0.05, 0.1) is 0 Å². The molecule has 0 rings (SSSR count). The Morgan fingerprint density at radius 3 is 2.31 bits per heavy atom. The fourth-order valence-electron chi connectivity index (χ4n) is 1.00. The summed E-state index contributed by atoms with van der Waals surface area (Å²) in [5, 5.41) is 0. The van der Waals surface area contributed by atoms with Gasteiger partial charge in [0.1, 0.15) is 0 Å². The van der Waals surface area contributed by atoms with Crippen molar-refractivity contribution in [2.24, 2.45) is 0 Å². The zero-order valence-electron chi connectivity index (χ0n) is 9.69.